The number of rotatable bonds is 4. The average Bonchev–Trinajstić information content (AvgIpc) is 3.01. The fourth-order valence-electron chi connectivity index (χ4n) is 2.26. The van der Waals surface area contributed by atoms with Crippen LogP contribution in [0.3, 0.4) is 0 Å². The molecule has 0 aliphatic carbocycles. The second-order valence-electron chi connectivity index (χ2n) is 6.83. The van der Waals surface area contributed by atoms with Crippen molar-refractivity contribution in [1.29, 1.82) is 0 Å². The first-order chi connectivity index (χ1) is 10.2. The van der Waals surface area contributed by atoms with Crippen molar-refractivity contribution in [3.05, 3.63) is 11.8 Å². The zero-order valence-corrected chi connectivity index (χ0v) is 14.0. The van der Waals surface area contributed by atoms with E-state index < -0.39 is 11.2 Å². The number of likely N-dealkylation sites (tertiary alicyclic amines) is 1. The molecule has 2 heterocycles. The second-order valence-corrected chi connectivity index (χ2v) is 6.83. The highest BCUT2D eigenvalue weighted by molar-refractivity contribution is 5.68. The van der Waals surface area contributed by atoms with Crippen LogP contribution in [0.15, 0.2) is 4.42 Å². The summed E-state index contributed by atoms with van der Waals surface area (Å²) in [7, 11) is 0. The van der Waals surface area contributed by atoms with E-state index in [0.717, 1.165) is 6.42 Å². The lowest BCUT2D eigenvalue weighted by Gasteiger charge is -2.27. The van der Waals surface area contributed by atoms with Gasteiger partial charge >= 0.3 is 6.09 Å². The molecular formula is C15H25N3O4. The molecule has 0 N–H and O–H groups in total. The largest absolute Gasteiger partial charge is 0.444 e. The zero-order valence-electron chi connectivity index (χ0n) is 14.0. The van der Waals surface area contributed by atoms with Crippen LogP contribution in [0.2, 0.25) is 0 Å². The maximum atomic E-state index is 12.1. The Labute approximate surface area is 131 Å². The normalized spacial score (nSPS) is 22.1. The predicted octanol–water partition coefficient (Wildman–Crippen LogP) is 2.55. The van der Waals surface area contributed by atoms with Gasteiger partial charge in [0, 0.05) is 13.0 Å². The van der Waals surface area contributed by atoms with Gasteiger partial charge in [0.15, 0.2) is 0 Å². The molecule has 1 aromatic heterocycles. The van der Waals surface area contributed by atoms with Crippen LogP contribution in [-0.4, -0.2) is 45.5 Å². The van der Waals surface area contributed by atoms with Crippen LogP contribution in [-0.2, 0) is 22.5 Å². The molecule has 1 unspecified atom stereocenters. The fraction of sp³-hybridized carbons (Fsp3) is 0.800. The molecule has 1 amide bonds. The minimum Gasteiger partial charge on any atom is -0.444 e. The van der Waals surface area contributed by atoms with Crippen LogP contribution in [0.1, 0.15) is 52.8 Å². The number of ether oxygens (including phenoxy) is 2. The van der Waals surface area contributed by atoms with E-state index in [1.165, 1.54) is 0 Å². The Bertz CT molecular complexity index is 523. The van der Waals surface area contributed by atoms with Crippen molar-refractivity contribution < 1.29 is 18.7 Å². The molecule has 124 valence electrons. The summed E-state index contributed by atoms with van der Waals surface area (Å²) in [6, 6.07) is 0. The molecule has 0 bridgehead atoms. The van der Waals surface area contributed by atoms with Gasteiger partial charge in [-0.3, -0.25) is 0 Å². The van der Waals surface area contributed by atoms with Gasteiger partial charge in [0.1, 0.15) is 12.2 Å². The van der Waals surface area contributed by atoms with E-state index in [1.54, 1.807) is 4.90 Å². The minimum absolute atomic E-state index is 0.256. The third-order valence-electron chi connectivity index (χ3n) is 3.44. The number of nitrogens with zero attached hydrogens (tertiary/aromatic N) is 3. The Hall–Kier alpha value is -1.63. The van der Waals surface area contributed by atoms with Gasteiger partial charge in [0.25, 0.3) is 0 Å². The SMILES string of the molecule is CCc1nnc(COC2(C)CCN(C(=O)OC(C)(C)C)C2)o1. The molecule has 2 rings (SSSR count). The first-order valence-electron chi connectivity index (χ1n) is 7.64. The monoisotopic (exact) mass is 311 g/mol. The molecule has 1 aromatic rings. The van der Waals surface area contributed by atoms with Gasteiger partial charge in [-0.25, -0.2) is 4.79 Å². The zero-order chi connectivity index (χ0) is 16.4. The number of aromatic nitrogens is 2. The maximum absolute atomic E-state index is 12.1. The minimum atomic E-state index is -0.489. The highest BCUT2D eigenvalue weighted by Crippen LogP contribution is 2.27. The number of carbonyl (C=O) groups excluding carboxylic acids is 1. The molecule has 22 heavy (non-hydrogen) atoms. The van der Waals surface area contributed by atoms with E-state index in [-0.39, 0.29) is 12.7 Å². The van der Waals surface area contributed by atoms with Crippen LogP contribution in [0.25, 0.3) is 0 Å². The predicted molar refractivity (Wildman–Crippen MR) is 79.3 cm³/mol. The summed E-state index contributed by atoms with van der Waals surface area (Å²) in [4.78, 5) is 13.7. The van der Waals surface area contributed by atoms with Crippen LogP contribution in [0.5, 0.6) is 0 Å². The smallest absolute Gasteiger partial charge is 0.410 e. The van der Waals surface area contributed by atoms with Crippen molar-refractivity contribution in [2.45, 2.75) is 65.3 Å². The van der Waals surface area contributed by atoms with Crippen LogP contribution < -0.4 is 0 Å². The molecule has 7 heteroatoms. The summed E-state index contributed by atoms with van der Waals surface area (Å²) in [6.07, 6.45) is 1.16. The molecule has 0 saturated carbocycles. The van der Waals surface area contributed by atoms with Gasteiger partial charge in [-0.1, -0.05) is 6.92 Å². The molecule has 1 saturated heterocycles. The Morgan fingerprint density at radius 1 is 1.36 bits per heavy atom. The van der Waals surface area contributed by atoms with Gasteiger partial charge < -0.3 is 18.8 Å². The molecule has 1 aliphatic rings. The average molecular weight is 311 g/mol. The third kappa shape index (κ3) is 4.43. The summed E-state index contributed by atoms with van der Waals surface area (Å²) in [5.74, 6) is 1.07. The van der Waals surface area contributed by atoms with Gasteiger partial charge in [0.05, 0.1) is 12.1 Å². The fourth-order valence-corrected chi connectivity index (χ4v) is 2.26. The van der Waals surface area contributed by atoms with E-state index in [9.17, 15) is 4.79 Å². The second kappa shape index (κ2) is 6.24. The maximum Gasteiger partial charge on any atom is 0.410 e. The quantitative estimate of drug-likeness (QED) is 0.850. The van der Waals surface area contributed by atoms with Crippen LogP contribution in [0, 0.1) is 0 Å². The van der Waals surface area contributed by atoms with Gasteiger partial charge in [-0.15, -0.1) is 10.2 Å². The van der Waals surface area contributed by atoms with E-state index >= 15 is 0 Å². The van der Waals surface area contributed by atoms with Crippen molar-refractivity contribution in [1.82, 2.24) is 15.1 Å². The van der Waals surface area contributed by atoms with Crippen LogP contribution in [0.4, 0.5) is 4.79 Å². The molecule has 0 radical (unpaired) electrons. The van der Waals surface area contributed by atoms with Crippen molar-refractivity contribution >= 4 is 6.09 Å². The topological polar surface area (TPSA) is 77.7 Å². The molecule has 1 aliphatic heterocycles. The Balaban J connectivity index is 1.86. The van der Waals surface area contributed by atoms with Crippen molar-refractivity contribution in [3.8, 4) is 0 Å². The molecule has 1 atom stereocenters. The Morgan fingerprint density at radius 2 is 2.05 bits per heavy atom. The first-order valence-corrected chi connectivity index (χ1v) is 7.64. The van der Waals surface area contributed by atoms with E-state index in [1.807, 2.05) is 34.6 Å². The standard InChI is InChI=1S/C15H25N3O4/c1-6-11-16-17-12(21-11)9-20-15(5)7-8-18(10-15)13(19)22-14(2,3)4/h6-10H2,1-5H3. The van der Waals surface area contributed by atoms with Gasteiger partial charge in [-0.05, 0) is 34.1 Å². The summed E-state index contributed by atoms with van der Waals surface area (Å²) in [6.45, 7) is 10.9. The number of carbonyl (C=O) groups is 1. The molecule has 0 aromatic carbocycles. The molecule has 7 nitrogen and oxygen atoms in total. The van der Waals surface area contributed by atoms with Crippen molar-refractivity contribution in [2.75, 3.05) is 13.1 Å². The summed E-state index contributed by atoms with van der Waals surface area (Å²) < 4.78 is 16.7. The van der Waals surface area contributed by atoms with Gasteiger partial charge in [-0.2, -0.15) is 0 Å². The third-order valence-corrected chi connectivity index (χ3v) is 3.44. The summed E-state index contributed by atoms with van der Waals surface area (Å²) in [5.41, 5.74) is -0.908. The number of aryl methyl sites for hydroxylation is 1. The Kier molecular flexibility index (Phi) is 4.75. The van der Waals surface area contributed by atoms with Crippen LogP contribution >= 0.6 is 0 Å². The number of amides is 1. The highest BCUT2D eigenvalue weighted by atomic mass is 16.6. The van der Waals surface area contributed by atoms with E-state index in [2.05, 4.69) is 10.2 Å². The molecule has 1 fully saturated rings. The Morgan fingerprint density at radius 3 is 2.64 bits per heavy atom. The summed E-state index contributed by atoms with van der Waals surface area (Å²) in [5, 5.41) is 7.84. The number of hydrogen-bond acceptors (Lipinski definition) is 6. The van der Waals surface area contributed by atoms with Gasteiger partial charge in [0.2, 0.25) is 11.8 Å². The lowest BCUT2D eigenvalue weighted by atomic mass is 10.1. The lowest BCUT2D eigenvalue weighted by molar-refractivity contribution is -0.0452. The highest BCUT2D eigenvalue weighted by Gasteiger charge is 2.39. The van der Waals surface area contributed by atoms with E-state index in [0.29, 0.717) is 31.3 Å². The van der Waals surface area contributed by atoms with Crippen molar-refractivity contribution in [3.63, 3.8) is 0 Å². The summed E-state index contributed by atoms with van der Waals surface area (Å²) >= 11 is 0. The number of hydrogen-bond donors (Lipinski definition) is 0. The lowest BCUT2D eigenvalue weighted by Crippen LogP contribution is -2.39. The van der Waals surface area contributed by atoms with Crippen molar-refractivity contribution in [2.24, 2.45) is 0 Å². The van der Waals surface area contributed by atoms with E-state index in [4.69, 9.17) is 13.9 Å². The molecular weight excluding hydrogens is 286 g/mol. The molecule has 0 spiro atoms. The first kappa shape index (κ1) is 16.7.